The van der Waals surface area contributed by atoms with Gasteiger partial charge in [0.25, 0.3) is 0 Å². The Morgan fingerprint density at radius 3 is 1.59 bits per heavy atom. The van der Waals surface area contributed by atoms with E-state index in [1.807, 2.05) is 44.2 Å². The monoisotopic (exact) mass is 935 g/mol. The standard InChI is InChI=1S/C50H90O10Si3/c1-30(2)61(31(3)4,32(5)6)53-29-43-44(60-63(36(13)14,37(15)16)38(17)18)42(59-62(33(7)8,34(9)10)35(11)12)27-41(55-43)45(54-39(19)51)47-46(52-28-40-25-23-22-24-26-40)48-49(56-47)58-50(20,21)57-48/h22-27,30-38,42-49H,28-29H2,1-21H3/t42-,43-,44+,45-,46+,47-,48-,49-/m1/s1. The summed E-state index contributed by atoms with van der Waals surface area (Å²) in [6.45, 7) is 47.5. The summed E-state index contributed by atoms with van der Waals surface area (Å²) in [6.07, 6.45) is -3.39. The van der Waals surface area contributed by atoms with E-state index in [9.17, 15) is 4.79 Å². The van der Waals surface area contributed by atoms with Crippen LogP contribution in [0.5, 0.6) is 0 Å². The van der Waals surface area contributed by atoms with Crippen LogP contribution in [0, 0.1) is 0 Å². The predicted molar refractivity (Wildman–Crippen MR) is 261 cm³/mol. The number of carbonyl (C=O) groups is 1. The van der Waals surface area contributed by atoms with Crippen molar-refractivity contribution < 1.29 is 46.5 Å². The Balaban J connectivity index is 2.01. The summed E-state index contributed by atoms with van der Waals surface area (Å²) in [5.41, 5.74) is 3.90. The summed E-state index contributed by atoms with van der Waals surface area (Å²) >= 11 is 0. The molecule has 3 heterocycles. The molecule has 0 bridgehead atoms. The molecule has 1 aromatic carbocycles. The summed E-state index contributed by atoms with van der Waals surface area (Å²) < 4.78 is 63.5. The van der Waals surface area contributed by atoms with Gasteiger partial charge in [0.2, 0.25) is 25.0 Å². The molecule has 0 spiro atoms. The highest BCUT2D eigenvalue weighted by Gasteiger charge is 2.61. The van der Waals surface area contributed by atoms with E-state index in [2.05, 4.69) is 131 Å². The second-order valence-electron chi connectivity index (χ2n) is 22.0. The lowest BCUT2D eigenvalue weighted by Gasteiger charge is -2.52. The molecule has 0 aromatic heterocycles. The lowest BCUT2D eigenvalue weighted by atomic mass is 9.98. The molecule has 362 valence electrons. The first kappa shape index (κ1) is 54.2. The minimum absolute atomic E-state index is 0.299. The Bertz CT molecular complexity index is 1560. The van der Waals surface area contributed by atoms with E-state index >= 15 is 0 Å². The van der Waals surface area contributed by atoms with Crippen molar-refractivity contribution in [1.82, 2.24) is 0 Å². The second-order valence-corrected chi connectivity index (χ2v) is 38.3. The molecule has 0 saturated carbocycles. The summed E-state index contributed by atoms with van der Waals surface area (Å²) in [5.74, 6) is -0.905. The molecule has 3 aliphatic heterocycles. The van der Waals surface area contributed by atoms with Gasteiger partial charge in [0.05, 0.1) is 19.3 Å². The zero-order valence-corrected chi connectivity index (χ0v) is 46.3. The van der Waals surface area contributed by atoms with Crippen LogP contribution in [0.2, 0.25) is 49.9 Å². The molecule has 3 aliphatic rings. The average Bonchev–Trinajstić information content (AvgIpc) is 3.64. The number of rotatable bonds is 22. The van der Waals surface area contributed by atoms with Crippen LogP contribution in [0.3, 0.4) is 0 Å². The average molecular weight is 936 g/mol. The molecule has 8 atom stereocenters. The van der Waals surface area contributed by atoms with Gasteiger partial charge >= 0.3 is 5.97 Å². The normalized spacial score (nSPS) is 26.3. The van der Waals surface area contributed by atoms with Gasteiger partial charge in [-0.2, -0.15) is 0 Å². The number of carbonyl (C=O) groups excluding carboxylic acids is 1. The smallest absolute Gasteiger partial charge is 0.303 e. The predicted octanol–water partition coefficient (Wildman–Crippen LogP) is 13.0. The molecule has 0 N–H and O–H groups in total. The summed E-state index contributed by atoms with van der Waals surface area (Å²) in [5, 5.41) is 0. The quantitative estimate of drug-likeness (QED) is 0.0825. The second kappa shape index (κ2) is 21.7. The molecular weight excluding hydrogens is 845 g/mol. The van der Waals surface area contributed by atoms with Crippen LogP contribution in [0.4, 0.5) is 0 Å². The van der Waals surface area contributed by atoms with E-state index < -0.39 is 85.7 Å². The maximum Gasteiger partial charge on any atom is 0.303 e. The van der Waals surface area contributed by atoms with Gasteiger partial charge in [0, 0.05) is 6.92 Å². The molecule has 0 amide bonds. The van der Waals surface area contributed by atoms with Crippen molar-refractivity contribution >= 4 is 30.9 Å². The van der Waals surface area contributed by atoms with Crippen molar-refractivity contribution in [3.63, 3.8) is 0 Å². The Kier molecular flexibility index (Phi) is 18.7. The molecule has 2 saturated heterocycles. The van der Waals surface area contributed by atoms with Crippen LogP contribution in [0.1, 0.15) is 151 Å². The first-order valence-electron chi connectivity index (χ1n) is 24.4. The minimum Gasteiger partial charge on any atom is -0.486 e. The first-order chi connectivity index (χ1) is 29.2. The molecule has 13 heteroatoms. The molecule has 2 fully saturated rings. The van der Waals surface area contributed by atoms with E-state index in [-0.39, 0.29) is 0 Å². The third-order valence-electron chi connectivity index (χ3n) is 14.8. The third kappa shape index (κ3) is 11.3. The zero-order valence-electron chi connectivity index (χ0n) is 43.3. The van der Waals surface area contributed by atoms with Crippen molar-refractivity contribution in [3.05, 3.63) is 47.7 Å². The maximum absolute atomic E-state index is 13.4. The fourth-order valence-corrected chi connectivity index (χ4v) is 29.0. The number of ether oxygens (including phenoxy) is 6. The van der Waals surface area contributed by atoms with Crippen molar-refractivity contribution in [2.45, 2.75) is 257 Å². The summed E-state index contributed by atoms with van der Waals surface area (Å²) in [7, 11) is -7.56. The molecule has 63 heavy (non-hydrogen) atoms. The molecule has 10 nitrogen and oxygen atoms in total. The van der Waals surface area contributed by atoms with Gasteiger partial charge in [0.1, 0.15) is 36.3 Å². The Morgan fingerprint density at radius 1 is 0.651 bits per heavy atom. The fraction of sp³-hybridized carbons (Fsp3) is 0.820. The lowest BCUT2D eigenvalue weighted by Crippen LogP contribution is -2.62. The van der Waals surface area contributed by atoms with Crippen LogP contribution in [-0.2, 0) is 53.1 Å². The van der Waals surface area contributed by atoms with E-state index in [1.165, 1.54) is 6.92 Å². The highest BCUT2D eigenvalue weighted by Crippen LogP contribution is 2.50. The number of hydrogen-bond acceptors (Lipinski definition) is 10. The van der Waals surface area contributed by atoms with E-state index in [4.69, 9.17) is 41.7 Å². The number of benzene rings is 1. The van der Waals surface area contributed by atoms with Crippen LogP contribution < -0.4 is 0 Å². The van der Waals surface area contributed by atoms with E-state index in [0.717, 1.165) is 5.56 Å². The Hall–Kier alpha value is -1.40. The maximum atomic E-state index is 13.4. The van der Waals surface area contributed by atoms with Crippen molar-refractivity contribution in [3.8, 4) is 0 Å². The fourth-order valence-electron chi connectivity index (χ4n) is 12.5. The van der Waals surface area contributed by atoms with Crippen LogP contribution in [0.15, 0.2) is 42.2 Å². The van der Waals surface area contributed by atoms with Crippen LogP contribution in [-0.4, -0.2) is 92.3 Å². The first-order valence-corrected chi connectivity index (χ1v) is 30.8. The molecule has 0 unspecified atom stereocenters. The van der Waals surface area contributed by atoms with Gasteiger partial charge in [-0.3, -0.25) is 4.79 Å². The van der Waals surface area contributed by atoms with Crippen molar-refractivity contribution in [1.29, 1.82) is 0 Å². The molecule has 0 radical (unpaired) electrons. The zero-order chi connectivity index (χ0) is 47.6. The Labute approximate surface area is 386 Å². The van der Waals surface area contributed by atoms with Crippen LogP contribution in [0.25, 0.3) is 0 Å². The number of esters is 1. The number of fused-ring (bicyclic) bond motifs is 1. The topological polar surface area (TPSA) is 100 Å². The van der Waals surface area contributed by atoms with E-state index in [0.29, 0.717) is 68.8 Å². The van der Waals surface area contributed by atoms with Gasteiger partial charge in [-0.25, -0.2) is 0 Å². The van der Waals surface area contributed by atoms with Gasteiger partial charge in [-0.05, 0) is 75.4 Å². The van der Waals surface area contributed by atoms with Crippen LogP contribution >= 0.6 is 0 Å². The van der Waals surface area contributed by atoms with Gasteiger partial charge in [-0.15, -0.1) is 0 Å². The highest BCUT2D eigenvalue weighted by molar-refractivity contribution is 6.78. The molecule has 1 aromatic rings. The largest absolute Gasteiger partial charge is 0.486 e. The van der Waals surface area contributed by atoms with Gasteiger partial charge < -0.3 is 41.7 Å². The number of hydrogen-bond donors (Lipinski definition) is 0. The molecular formula is C50H90O10Si3. The van der Waals surface area contributed by atoms with Gasteiger partial charge in [-0.1, -0.05) is 155 Å². The summed E-state index contributed by atoms with van der Waals surface area (Å²) in [6, 6.07) is 10.0. The highest BCUT2D eigenvalue weighted by atomic mass is 28.4. The van der Waals surface area contributed by atoms with Crippen molar-refractivity contribution in [2.75, 3.05) is 6.61 Å². The SMILES string of the molecule is CC(=O)O[C@H](C1=C[C@@H](O[Si](C(C)C)(C(C)C)C(C)C)[C@H](O[Si](C(C)C)(C(C)C)C(C)C)[C@@H](CO[Si](C(C)C)(C(C)C)C(C)C)O1)[C@H]1O[C@@H]2OC(C)(C)O[C@@H]2[C@H]1OCc1ccccc1. The molecule has 4 rings (SSSR count). The molecule has 0 aliphatic carbocycles. The van der Waals surface area contributed by atoms with E-state index in [1.54, 1.807) is 0 Å². The third-order valence-corrected chi connectivity index (χ3v) is 33.1. The van der Waals surface area contributed by atoms with Crippen molar-refractivity contribution in [2.24, 2.45) is 0 Å². The van der Waals surface area contributed by atoms with Gasteiger partial charge in [0.15, 0.2) is 18.2 Å². The Morgan fingerprint density at radius 2 is 1.13 bits per heavy atom. The lowest BCUT2D eigenvalue weighted by molar-refractivity contribution is -0.234. The minimum atomic E-state index is -2.58. The summed E-state index contributed by atoms with van der Waals surface area (Å²) in [4.78, 5) is 13.4.